The first-order chi connectivity index (χ1) is 12.3. The number of thiophene rings is 1. The molecule has 0 spiro atoms. The second-order valence-corrected chi connectivity index (χ2v) is 6.97. The molecule has 0 saturated heterocycles. The predicted molar refractivity (Wildman–Crippen MR) is 96.5 cm³/mol. The lowest BCUT2D eigenvalue weighted by atomic mass is 9.97. The normalized spacial score (nSPS) is 13.5. The summed E-state index contributed by atoms with van der Waals surface area (Å²) in [4.78, 5) is 23.3. The van der Waals surface area contributed by atoms with E-state index < -0.39 is 5.97 Å². The van der Waals surface area contributed by atoms with Gasteiger partial charge >= 0.3 is 5.97 Å². The Balaban J connectivity index is 1.77. The summed E-state index contributed by atoms with van der Waals surface area (Å²) in [5, 5.41) is 0.987. The molecule has 0 aliphatic heterocycles. The third-order valence-corrected chi connectivity index (χ3v) is 5.51. The summed E-state index contributed by atoms with van der Waals surface area (Å²) in [5.74, 6) is 0.577. The molecule has 0 amide bonds. The smallest absolute Gasteiger partial charge is 0.341 e. The van der Waals surface area contributed by atoms with Crippen molar-refractivity contribution >= 4 is 27.5 Å². The second-order valence-electron chi connectivity index (χ2n) is 5.89. The molecule has 2 aromatic heterocycles. The molecule has 0 radical (unpaired) electrons. The minimum Gasteiger partial charge on any atom is -0.462 e. The van der Waals surface area contributed by atoms with E-state index >= 15 is 0 Å². The molecular weight excluding hydrogens is 336 g/mol. The highest BCUT2D eigenvalue weighted by molar-refractivity contribution is 7.18. The van der Waals surface area contributed by atoms with Gasteiger partial charge in [0.2, 0.25) is 5.88 Å². The van der Waals surface area contributed by atoms with Crippen molar-refractivity contribution in [3.8, 4) is 11.6 Å². The molecule has 25 heavy (non-hydrogen) atoms. The minimum atomic E-state index is -0.393. The SMILES string of the molecule is CCOC(=O)c1ccccc1Oc1ncnc2sc3c(c12)CCCC3. The number of hydrogen-bond donors (Lipinski definition) is 0. The second kappa shape index (κ2) is 6.80. The first kappa shape index (κ1) is 16.0. The first-order valence-electron chi connectivity index (χ1n) is 8.47. The molecule has 4 rings (SSSR count). The molecule has 6 heteroatoms. The summed E-state index contributed by atoms with van der Waals surface area (Å²) in [6.45, 7) is 2.11. The first-order valence-corrected chi connectivity index (χ1v) is 9.29. The zero-order valence-corrected chi connectivity index (χ0v) is 14.8. The van der Waals surface area contributed by atoms with Crippen LogP contribution in [-0.4, -0.2) is 22.5 Å². The molecule has 0 fully saturated rings. The van der Waals surface area contributed by atoms with E-state index in [2.05, 4.69) is 9.97 Å². The number of para-hydroxylation sites is 1. The van der Waals surface area contributed by atoms with Crippen molar-refractivity contribution in [1.29, 1.82) is 0 Å². The molecule has 2 heterocycles. The third kappa shape index (κ3) is 2.98. The number of aromatic nitrogens is 2. The lowest BCUT2D eigenvalue weighted by Gasteiger charge is -2.13. The molecule has 128 valence electrons. The van der Waals surface area contributed by atoms with Gasteiger partial charge in [0.15, 0.2) is 0 Å². The Morgan fingerprint density at radius 3 is 2.92 bits per heavy atom. The van der Waals surface area contributed by atoms with Gasteiger partial charge in [-0.1, -0.05) is 12.1 Å². The van der Waals surface area contributed by atoms with Crippen LogP contribution in [0.2, 0.25) is 0 Å². The van der Waals surface area contributed by atoms with E-state index in [1.807, 2.05) is 6.07 Å². The molecule has 0 N–H and O–H groups in total. The number of hydrogen-bond acceptors (Lipinski definition) is 6. The molecule has 0 unspecified atom stereocenters. The van der Waals surface area contributed by atoms with E-state index in [-0.39, 0.29) is 0 Å². The van der Waals surface area contributed by atoms with Gasteiger partial charge in [-0.05, 0) is 50.3 Å². The summed E-state index contributed by atoms with van der Waals surface area (Å²) >= 11 is 1.72. The third-order valence-electron chi connectivity index (χ3n) is 4.31. The van der Waals surface area contributed by atoms with Crippen molar-refractivity contribution in [3.63, 3.8) is 0 Å². The number of rotatable bonds is 4. The molecule has 1 aliphatic rings. The van der Waals surface area contributed by atoms with Crippen LogP contribution in [0.25, 0.3) is 10.2 Å². The quantitative estimate of drug-likeness (QED) is 0.644. The molecule has 0 saturated carbocycles. The summed E-state index contributed by atoms with van der Waals surface area (Å²) in [6, 6.07) is 7.09. The Labute approximate surface area is 149 Å². The van der Waals surface area contributed by atoms with Gasteiger partial charge < -0.3 is 9.47 Å². The topological polar surface area (TPSA) is 61.3 Å². The monoisotopic (exact) mass is 354 g/mol. The van der Waals surface area contributed by atoms with E-state index in [1.54, 1.807) is 36.5 Å². The summed E-state index contributed by atoms with van der Waals surface area (Å²) in [7, 11) is 0. The lowest BCUT2D eigenvalue weighted by molar-refractivity contribution is 0.0523. The van der Waals surface area contributed by atoms with Gasteiger partial charge in [-0.2, -0.15) is 0 Å². The van der Waals surface area contributed by atoms with Crippen LogP contribution in [0.4, 0.5) is 0 Å². The van der Waals surface area contributed by atoms with E-state index in [9.17, 15) is 4.79 Å². The molecule has 0 bridgehead atoms. The predicted octanol–water partition coefficient (Wildman–Crippen LogP) is 4.54. The van der Waals surface area contributed by atoms with Gasteiger partial charge in [0.25, 0.3) is 0 Å². The average molecular weight is 354 g/mol. The Hall–Kier alpha value is -2.47. The zero-order chi connectivity index (χ0) is 17.2. The van der Waals surface area contributed by atoms with Crippen molar-refractivity contribution in [2.45, 2.75) is 32.6 Å². The maximum atomic E-state index is 12.2. The molecule has 5 nitrogen and oxygen atoms in total. The summed E-state index contributed by atoms with van der Waals surface area (Å²) < 4.78 is 11.2. The van der Waals surface area contributed by atoms with Crippen molar-refractivity contribution in [1.82, 2.24) is 9.97 Å². The number of esters is 1. The van der Waals surface area contributed by atoms with Crippen LogP contribution in [0.5, 0.6) is 11.6 Å². The van der Waals surface area contributed by atoms with Crippen LogP contribution in [0.15, 0.2) is 30.6 Å². The zero-order valence-electron chi connectivity index (χ0n) is 13.9. The van der Waals surface area contributed by atoms with E-state index in [4.69, 9.17) is 9.47 Å². The average Bonchev–Trinajstić information content (AvgIpc) is 3.02. The Morgan fingerprint density at radius 2 is 2.04 bits per heavy atom. The van der Waals surface area contributed by atoms with Crippen LogP contribution in [0.3, 0.4) is 0 Å². The molecule has 1 aliphatic carbocycles. The Morgan fingerprint density at radius 1 is 1.20 bits per heavy atom. The fraction of sp³-hybridized carbons (Fsp3) is 0.316. The number of carbonyl (C=O) groups is 1. The Bertz CT molecular complexity index is 936. The number of benzene rings is 1. The highest BCUT2D eigenvalue weighted by Crippen LogP contribution is 2.40. The van der Waals surface area contributed by atoms with Gasteiger partial charge in [-0.25, -0.2) is 14.8 Å². The van der Waals surface area contributed by atoms with Gasteiger partial charge in [0.1, 0.15) is 22.5 Å². The number of ether oxygens (including phenoxy) is 2. The van der Waals surface area contributed by atoms with E-state index in [0.29, 0.717) is 23.8 Å². The van der Waals surface area contributed by atoms with Crippen LogP contribution < -0.4 is 4.74 Å². The van der Waals surface area contributed by atoms with E-state index in [0.717, 1.165) is 23.1 Å². The van der Waals surface area contributed by atoms with Crippen molar-refractivity contribution < 1.29 is 14.3 Å². The van der Waals surface area contributed by atoms with E-state index in [1.165, 1.54) is 29.6 Å². The highest BCUT2D eigenvalue weighted by Gasteiger charge is 2.22. The Kier molecular flexibility index (Phi) is 4.36. The van der Waals surface area contributed by atoms with Crippen molar-refractivity contribution in [2.75, 3.05) is 6.61 Å². The lowest BCUT2D eigenvalue weighted by Crippen LogP contribution is -2.06. The van der Waals surface area contributed by atoms with Crippen LogP contribution in [0.1, 0.15) is 40.6 Å². The molecule has 1 aromatic carbocycles. The number of nitrogens with zero attached hydrogens (tertiary/aromatic N) is 2. The van der Waals surface area contributed by atoms with Crippen molar-refractivity contribution in [2.24, 2.45) is 0 Å². The highest BCUT2D eigenvalue weighted by atomic mass is 32.1. The maximum Gasteiger partial charge on any atom is 0.341 e. The number of carbonyl (C=O) groups excluding carboxylic acids is 1. The summed E-state index contributed by atoms with van der Waals surface area (Å²) in [5.41, 5.74) is 1.70. The standard InChI is InChI=1S/C19H18N2O3S/c1-2-23-19(22)12-7-3-5-9-14(12)24-17-16-13-8-4-6-10-15(13)25-18(16)21-11-20-17/h3,5,7,9,11H,2,4,6,8,10H2,1H3. The minimum absolute atomic E-state index is 0.322. The largest absolute Gasteiger partial charge is 0.462 e. The van der Waals surface area contributed by atoms with Gasteiger partial charge in [-0.15, -0.1) is 11.3 Å². The summed E-state index contributed by atoms with van der Waals surface area (Å²) in [6.07, 6.45) is 6.03. The van der Waals surface area contributed by atoms with Crippen LogP contribution in [0, 0.1) is 0 Å². The molecular formula is C19H18N2O3S. The number of fused-ring (bicyclic) bond motifs is 3. The molecule has 3 aromatic rings. The van der Waals surface area contributed by atoms with Gasteiger partial charge in [0, 0.05) is 4.88 Å². The maximum absolute atomic E-state index is 12.2. The van der Waals surface area contributed by atoms with Crippen molar-refractivity contribution in [3.05, 3.63) is 46.6 Å². The van der Waals surface area contributed by atoms with Crippen LogP contribution in [-0.2, 0) is 17.6 Å². The fourth-order valence-electron chi connectivity index (χ4n) is 3.18. The van der Waals surface area contributed by atoms with Gasteiger partial charge in [-0.3, -0.25) is 0 Å². The molecule has 0 atom stereocenters. The fourth-order valence-corrected chi connectivity index (χ4v) is 4.40. The number of aryl methyl sites for hydroxylation is 2. The van der Waals surface area contributed by atoms with Crippen LogP contribution >= 0.6 is 11.3 Å². The van der Waals surface area contributed by atoms with Gasteiger partial charge in [0.05, 0.1) is 12.0 Å².